The zero-order chi connectivity index (χ0) is 20.8. The number of hydrogen-bond acceptors (Lipinski definition) is 5. The van der Waals surface area contributed by atoms with Crippen LogP contribution in [0, 0.1) is 5.41 Å². The largest absolute Gasteiger partial charge is 0.443 e. The van der Waals surface area contributed by atoms with Gasteiger partial charge in [-0.2, -0.15) is 13.2 Å². The predicted molar refractivity (Wildman–Crippen MR) is 93.1 cm³/mol. The number of amides is 1. The molecule has 0 atom stereocenters. The minimum Gasteiger partial charge on any atom is -0.443 e. The van der Waals surface area contributed by atoms with Gasteiger partial charge in [-0.05, 0) is 39.0 Å². The Bertz CT molecular complexity index is 765. The van der Waals surface area contributed by atoms with Crippen molar-refractivity contribution in [1.29, 1.82) is 5.41 Å². The number of nitrogens with one attached hydrogen (secondary N) is 1. The van der Waals surface area contributed by atoms with Gasteiger partial charge in [0, 0.05) is 23.5 Å². The first kappa shape index (κ1) is 22.1. The first-order valence-corrected chi connectivity index (χ1v) is 7.76. The number of pyridine rings is 1. The number of carbonyl (C=O) groups excluding carboxylic acids is 2. The van der Waals surface area contributed by atoms with E-state index in [4.69, 9.17) is 10.1 Å². The number of aldehydes is 1. The lowest BCUT2D eigenvalue weighted by Gasteiger charge is -2.27. The second-order valence-electron chi connectivity index (χ2n) is 6.51. The summed E-state index contributed by atoms with van der Waals surface area (Å²) in [4.78, 5) is 27.4. The molecule has 0 aliphatic rings. The molecule has 0 aromatic carbocycles. The lowest BCUT2D eigenvalue weighted by atomic mass is 10.1. The van der Waals surface area contributed by atoms with E-state index in [2.05, 4.69) is 11.6 Å². The van der Waals surface area contributed by atoms with Crippen LogP contribution >= 0.6 is 0 Å². The van der Waals surface area contributed by atoms with Gasteiger partial charge in [0.1, 0.15) is 17.7 Å². The molecular formula is C18H20F3N3O3. The van der Waals surface area contributed by atoms with E-state index < -0.39 is 35.8 Å². The van der Waals surface area contributed by atoms with Crippen molar-refractivity contribution in [1.82, 2.24) is 9.88 Å². The number of alkyl halides is 3. The molecule has 0 aliphatic heterocycles. The summed E-state index contributed by atoms with van der Waals surface area (Å²) in [6.07, 6.45) is -1.02. The summed E-state index contributed by atoms with van der Waals surface area (Å²) in [7, 11) is 0. The molecule has 9 heteroatoms. The van der Waals surface area contributed by atoms with Crippen LogP contribution in [0.4, 0.5) is 18.0 Å². The molecule has 1 heterocycles. The average Bonchev–Trinajstić information content (AvgIpc) is 2.54. The maximum Gasteiger partial charge on any atom is 0.416 e. The number of amidine groups is 1. The number of halogens is 3. The van der Waals surface area contributed by atoms with Gasteiger partial charge in [0.05, 0.1) is 12.1 Å². The Morgan fingerprint density at radius 3 is 2.48 bits per heavy atom. The molecule has 0 radical (unpaired) electrons. The topological polar surface area (TPSA) is 83.4 Å². The molecule has 1 rings (SSSR count). The fourth-order valence-corrected chi connectivity index (χ4v) is 1.88. The van der Waals surface area contributed by atoms with Crippen LogP contribution in [0.2, 0.25) is 0 Å². The maximum absolute atomic E-state index is 13.2. The van der Waals surface area contributed by atoms with Crippen molar-refractivity contribution in [3.8, 4) is 0 Å². The molecule has 0 saturated heterocycles. The van der Waals surface area contributed by atoms with Gasteiger partial charge >= 0.3 is 12.3 Å². The van der Waals surface area contributed by atoms with Crippen LogP contribution in [0.25, 0.3) is 0 Å². The third-order valence-electron chi connectivity index (χ3n) is 3.05. The molecule has 1 aromatic heterocycles. The average molecular weight is 383 g/mol. The highest BCUT2D eigenvalue weighted by Crippen LogP contribution is 2.32. The summed E-state index contributed by atoms with van der Waals surface area (Å²) >= 11 is 0. The van der Waals surface area contributed by atoms with Crippen molar-refractivity contribution in [3.63, 3.8) is 0 Å². The van der Waals surface area contributed by atoms with E-state index in [0.29, 0.717) is 11.2 Å². The van der Waals surface area contributed by atoms with E-state index in [1.54, 1.807) is 20.8 Å². The predicted octanol–water partition coefficient (Wildman–Crippen LogP) is 4.13. The monoisotopic (exact) mass is 383 g/mol. The minimum atomic E-state index is -4.65. The highest BCUT2D eigenvalue weighted by atomic mass is 19.4. The number of carbonyl (C=O) groups is 2. The molecule has 0 fully saturated rings. The van der Waals surface area contributed by atoms with Crippen LogP contribution in [-0.4, -0.2) is 33.7 Å². The molecule has 1 N–H and O–H groups in total. The molecule has 146 valence electrons. The minimum absolute atomic E-state index is 0.0289. The van der Waals surface area contributed by atoms with Crippen LogP contribution in [0.15, 0.2) is 42.8 Å². The Balaban J connectivity index is 3.25. The summed E-state index contributed by atoms with van der Waals surface area (Å²) in [5.74, 6) is -0.468. The highest BCUT2D eigenvalue weighted by Gasteiger charge is 2.35. The molecule has 0 spiro atoms. The fraction of sp³-hybridized carbons (Fsp3) is 0.333. The van der Waals surface area contributed by atoms with Crippen molar-refractivity contribution in [2.75, 3.05) is 0 Å². The number of aromatic nitrogens is 1. The Morgan fingerprint density at radius 2 is 1.96 bits per heavy atom. The molecular weight excluding hydrogens is 363 g/mol. The number of hydrogen-bond donors (Lipinski definition) is 1. The third-order valence-corrected chi connectivity index (χ3v) is 3.05. The molecule has 27 heavy (non-hydrogen) atoms. The second kappa shape index (κ2) is 8.61. The molecule has 1 aromatic rings. The van der Waals surface area contributed by atoms with Crippen molar-refractivity contribution < 1.29 is 27.5 Å². The summed E-state index contributed by atoms with van der Waals surface area (Å²) in [5, 5.41) is 8.01. The van der Waals surface area contributed by atoms with E-state index in [9.17, 15) is 22.8 Å². The van der Waals surface area contributed by atoms with Crippen molar-refractivity contribution in [3.05, 3.63) is 53.9 Å². The van der Waals surface area contributed by atoms with Crippen LogP contribution in [0.1, 0.15) is 31.9 Å². The van der Waals surface area contributed by atoms with E-state index in [1.165, 1.54) is 6.08 Å². The van der Waals surface area contributed by atoms with Gasteiger partial charge in [-0.3, -0.25) is 20.1 Å². The van der Waals surface area contributed by atoms with Gasteiger partial charge in [0.25, 0.3) is 0 Å². The molecule has 0 saturated carbocycles. The summed E-state index contributed by atoms with van der Waals surface area (Å²) in [6, 6.07) is 0.788. The molecule has 0 aliphatic carbocycles. The standard InChI is InChI=1S/C18H20F3N3O3/c1-12(11-25)5-6-15(22)24(16(26)27-17(2,3)4)10-13-9-23-8-7-14(13)18(19,20)21/h5-9,11,22H,1,10H2,2-4H3/b6-5-,22-15?. The second-order valence-corrected chi connectivity index (χ2v) is 6.51. The van der Waals surface area contributed by atoms with E-state index in [1.807, 2.05) is 0 Å². The Kier molecular flexibility index (Phi) is 7.04. The number of nitrogens with zero attached hydrogens (tertiary/aromatic N) is 2. The molecule has 6 nitrogen and oxygen atoms in total. The highest BCUT2D eigenvalue weighted by molar-refractivity contribution is 6.01. The number of ether oxygens (including phenoxy) is 1. The summed E-state index contributed by atoms with van der Waals surface area (Å²) < 4.78 is 44.7. The van der Waals surface area contributed by atoms with Gasteiger partial charge < -0.3 is 4.74 Å². The molecule has 0 unspecified atom stereocenters. The van der Waals surface area contributed by atoms with Crippen LogP contribution in [0.3, 0.4) is 0 Å². The zero-order valence-corrected chi connectivity index (χ0v) is 15.1. The van der Waals surface area contributed by atoms with Crippen molar-refractivity contribution >= 4 is 18.2 Å². The van der Waals surface area contributed by atoms with Crippen LogP contribution in [0.5, 0.6) is 0 Å². The quantitative estimate of drug-likeness (QED) is 0.272. The Morgan fingerprint density at radius 1 is 1.33 bits per heavy atom. The SMILES string of the molecule is C=C(C=O)/C=C\C(=N)N(Cc1cnccc1C(F)(F)F)C(=O)OC(C)(C)C. The molecule has 0 bridgehead atoms. The zero-order valence-electron chi connectivity index (χ0n) is 15.1. The van der Waals surface area contributed by atoms with Gasteiger partial charge in [-0.25, -0.2) is 4.79 Å². The van der Waals surface area contributed by atoms with E-state index >= 15 is 0 Å². The van der Waals surface area contributed by atoms with Crippen molar-refractivity contribution in [2.45, 2.75) is 39.1 Å². The summed E-state index contributed by atoms with van der Waals surface area (Å²) in [5.41, 5.74) is -2.17. The molecule has 1 amide bonds. The first-order valence-electron chi connectivity index (χ1n) is 7.76. The first-order chi connectivity index (χ1) is 12.3. The van der Waals surface area contributed by atoms with Gasteiger partial charge in [-0.1, -0.05) is 6.58 Å². The Labute approximate surface area is 154 Å². The van der Waals surface area contributed by atoms with E-state index in [-0.39, 0.29) is 11.1 Å². The normalized spacial score (nSPS) is 11.9. The third kappa shape index (κ3) is 7.04. The fourth-order valence-electron chi connectivity index (χ4n) is 1.88. The number of rotatable bonds is 5. The van der Waals surface area contributed by atoms with E-state index in [0.717, 1.165) is 24.5 Å². The van der Waals surface area contributed by atoms with Crippen LogP contribution in [-0.2, 0) is 22.3 Å². The van der Waals surface area contributed by atoms with Gasteiger partial charge in [0.2, 0.25) is 0 Å². The van der Waals surface area contributed by atoms with Crippen molar-refractivity contribution in [2.24, 2.45) is 0 Å². The summed E-state index contributed by atoms with van der Waals surface area (Å²) in [6.45, 7) is 7.56. The van der Waals surface area contributed by atoms with Gasteiger partial charge in [-0.15, -0.1) is 0 Å². The maximum atomic E-state index is 13.2. The van der Waals surface area contributed by atoms with Crippen LogP contribution < -0.4 is 0 Å². The smallest absolute Gasteiger partial charge is 0.416 e. The lowest BCUT2D eigenvalue weighted by Crippen LogP contribution is -2.39. The lowest BCUT2D eigenvalue weighted by molar-refractivity contribution is -0.138. The van der Waals surface area contributed by atoms with Gasteiger partial charge in [0.15, 0.2) is 0 Å². The number of allylic oxidation sites excluding steroid dienone is 2. The Hall–Kier alpha value is -2.97.